The molecule has 1 fully saturated rings. The lowest BCUT2D eigenvalue weighted by Crippen LogP contribution is -2.25. The van der Waals surface area contributed by atoms with Crippen LogP contribution in [-0.2, 0) is 0 Å². The smallest absolute Gasteiger partial charge is 0.185 e. The van der Waals surface area contributed by atoms with Crippen LogP contribution < -0.4 is 4.74 Å². The van der Waals surface area contributed by atoms with Crippen LogP contribution >= 0.6 is 23.2 Å². The van der Waals surface area contributed by atoms with Crippen molar-refractivity contribution >= 4 is 35.1 Å². The molecule has 0 aliphatic carbocycles. The summed E-state index contributed by atoms with van der Waals surface area (Å²) in [4.78, 5) is 14.7. The Bertz CT molecular complexity index is 781. The molecule has 1 aliphatic rings. The molecule has 0 aromatic heterocycles. The van der Waals surface area contributed by atoms with E-state index in [1.165, 1.54) is 32.0 Å². The van der Waals surface area contributed by atoms with Gasteiger partial charge < -0.3 is 4.74 Å². The Kier molecular flexibility index (Phi) is 6.73. The van der Waals surface area contributed by atoms with Crippen molar-refractivity contribution in [2.45, 2.75) is 12.8 Å². The monoisotopic (exact) mass is 389 g/mol. The summed E-state index contributed by atoms with van der Waals surface area (Å²) < 4.78 is 5.76. The quantitative estimate of drug-likeness (QED) is 0.471. The molecule has 3 nitrogen and oxygen atoms in total. The third-order valence-corrected chi connectivity index (χ3v) is 4.95. The van der Waals surface area contributed by atoms with Gasteiger partial charge in [0.05, 0.1) is 0 Å². The molecule has 0 amide bonds. The Morgan fingerprint density at radius 2 is 1.81 bits per heavy atom. The van der Waals surface area contributed by atoms with E-state index >= 15 is 0 Å². The molecule has 136 valence electrons. The number of halogens is 2. The predicted molar refractivity (Wildman–Crippen MR) is 107 cm³/mol. The van der Waals surface area contributed by atoms with Gasteiger partial charge in [-0.1, -0.05) is 29.3 Å². The second-order valence-electron chi connectivity index (χ2n) is 6.29. The van der Waals surface area contributed by atoms with Gasteiger partial charge in [0.1, 0.15) is 12.4 Å². The molecule has 0 saturated carbocycles. The van der Waals surface area contributed by atoms with Gasteiger partial charge in [0.2, 0.25) is 0 Å². The summed E-state index contributed by atoms with van der Waals surface area (Å²) in [5, 5.41) is 1.09. The minimum Gasteiger partial charge on any atom is -0.492 e. The number of nitrogens with zero attached hydrogens (tertiary/aromatic N) is 1. The van der Waals surface area contributed by atoms with Crippen molar-refractivity contribution in [3.63, 3.8) is 0 Å². The average Bonchev–Trinajstić information content (AvgIpc) is 3.15. The van der Waals surface area contributed by atoms with Crippen LogP contribution in [0.5, 0.6) is 5.75 Å². The summed E-state index contributed by atoms with van der Waals surface area (Å²) in [6.07, 6.45) is 5.77. The van der Waals surface area contributed by atoms with Crippen molar-refractivity contribution in [1.82, 2.24) is 4.90 Å². The standard InChI is InChI=1S/C21H21Cl2NO2/c22-18-7-3-16(20(23)15-18)6-10-21(25)17-4-8-19(9-5-17)26-14-13-24-11-1-2-12-24/h3-10,15H,1-2,11-14H2/b10-6+. The van der Waals surface area contributed by atoms with Crippen LogP contribution in [0.1, 0.15) is 28.8 Å². The maximum absolute atomic E-state index is 12.3. The zero-order valence-electron chi connectivity index (χ0n) is 14.5. The number of rotatable bonds is 7. The molecule has 1 heterocycles. The first kappa shape index (κ1) is 19.0. The van der Waals surface area contributed by atoms with E-state index in [-0.39, 0.29) is 5.78 Å². The van der Waals surface area contributed by atoms with Gasteiger partial charge in [-0.15, -0.1) is 0 Å². The molecule has 0 N–H and O–H groups in total. The number of ether oxygens (including phenoxy) is 1. The van der Waals surface area contributed by atoms with Gasteiger partial charge in [-0.2, -0.15) is 0 Å². The van der Waals surface area contributed by atoms with E-state index in [1.807, 2.05) is 12.1 Å². The van der Waals surface area contributed by atoms with Gasteiger partial charge in [-0.25, -0.2) is 0 Å². The number of ketones is 1. The van der Waals surface area contributed by atoms with E-state index in [1.54, 1.807) is 36.4 Å². The number of benzene rings is 2. The Labute approximate surface area is 164 Å². The van der Waals surface area contributed by atoms with Crippen molar-refractivity contribution in [2.75, 3.05) is 26.2 Å². The third kappa shape index (κ3) is 5.34. The van der Waals surface area contributed by atoms with Crippen molar-refractivity contribution in [2.24, 2.45) is 0 Å². The Morgan fingerprint density at radius 3 is 2.50 bits per heavy atom. The van der Waals surface area contributed by atoms with Crippen molar-refractivity contribution < 1.29 is 9.53 Å². The first-order chi connectivity index (χ1) is 12.6. The lowest BCUT2D eigenvalue weighted by Gasteiger charge is -2.14. The molecule has 0 bridgehead atoms. The highest BCUT2D eigenvalue weighted by Crippen LogP contribution is 2.22. The summed E-state index contributed by atoms with van der Waals surface area (Å²) >= 11 is 12.0. The lowest BCUT2D eigenvalue weighted by atomic mass is 10.1. The highest BCUT2D eigenvalue weighted by Gasteiger charge is 2.10. The van der Waals surface area contributed by atoms with E-state index in [9.17, 15) is 4.79 Å². The first-order valence-electron chi connectivity index (χ1n) is 8.74. The predicted octanol–water partition coefficient (Wildman–Crippen LogP) is 5.36. The van der Waals surface area contributed by atoms with Crippen LogP contribution in [0.25, 0.3) is 6.08 Å². The van der Waals surface area contributed by atoms with Crippen molar-refractivity contribution in [3.05, 3.63) is 69.7 Å². The van der Waals surface area contributed by atoms with Crippen molar-refractivity contribution in [1.29, 1.82) is 0 Å². The number of allylic oxidation sites excluding steroid dienone is 1. The minimum absolute atomic E-state index is 0.0837. The SMILES string of the molecule is O=C(/C=C/c1ccc(Cl)cc1Cl)c1ccc(OCCN2CCCC2)cc1. The van der Waals surface area contributed by atoms with Crippen LogP contribution in [0.3, 0.4) is 0 Å². The second kappa shape index (κ2) is 9.22. The van der Waals surface area contributed by atoms with Gasteiger partial charge in [-0.05, 0) is 80.0 Å². The van der Waals surface area contributed by atoms with Gasteiger partial charge in [0.25, 0.3) is 0 Å². The van der Waals surface area contributed by atoms with Gasteiger partial charge in [0, 0.05) is 22.2 Å². The van der Waals surface area contributed by atoms with Crippen molar-refractivity contribution in [3.8, 4) is 5.75 Å². The largest absolute Gasteiger partial charge is 0.492 e. The number of likely N-dealkylation sites (tertiary alicyclic amines) is 1. The highest BCUT2D eigenvalue weighted by molar-refractivity contribution is 6.35. The van der Waals surface area contributed by atoms with Crippen LogP contribution in [0.4, 0.5) is 0 Å². The third-order valence-electron chi connectivity index (χ3n) is 4.39. The van der Waals surface area contributed by atoms with Crippen LogP contribution in [0, 0.1) is 0 Å². The number of carbonyl (C=O) groups excluding carboxylic acids is 1. The number of hydrogen-bond acceptors (Lipinski definition) is 3. The zero-order chi connectivity index (χ0) is 18.4. The molecule has 2 aromatic carbocycles. The maximum Gasteiger partial charge on any atom is 0.185 e. The molecule has 2 aromatic rings. The molecule has 1 saturated heterocycles. The zero-order valence-corrected chi connectivity index (χ0v) is 16.0. The molecular formula is C21H21Cl2NO2. The lowest BCUT2D eigenvalue weighted by molar-refractivity contribution is 0.104. The molecular weight excluding hydrogens is 369 g/mol. The molecule has 3 rings (SSSR count). The summed E-state index contributed by atoms with van der Waals surface area (Å²) in [6.45, 7) is 3.95. The fourth-order valence-electron chi connectivity index (χ4n) is 2.91. The number of hydrogen-bond donors (Lipinski definition) is 0. The Morgan fingerprint density at radius 1 is 1.08 bits per heavy atom. The van der Waals surface area contributed by atoms with E-state index in [0.29, 0.717) is 22.2 Å². The van der Waals surface area contributed by atoms with Gasteiger partial charge in [0.15, 0.2) is 5.78 Å². The van der Waals surface area contributed by atoms with Gasteiger partial charge >= 0.3 is 0 Å². The number of carbonyl (C=O) groups is 1. The van der Waals surface area contributed by atoms with Crippen LogP contribution in [-0.4, -0.2) is 36.9 Å². The topological polar surface area (TPSA) is 29.5 Å². The van der Waals surface area contributed by atoms with E-state index in [0.717, 1.165) is 17.9 Å². The molecule has 0 radical (unpaired) electrons. The van der Waals surface area contributed by atoms with E-state index in [2.05, 4.69) is 4.90 Å². The van der Waals surface area contributed by atoms with Crippen LogP contribution in [0.2, 0.25) is 10.0 Å². The molecule has 0 spiro atoms. The summed E-state index contributed by atoms with van der Waals surface area (Å²) in [5.74, 6) is 0.699. The Hall–Kier alpha value is -1.81. The normalized spacial score (nSPS) is 14.8. The molecule has 26 heavy (non-hydrogen) atoms. The maximum atomic E-state index is 12.3. The highest BCUT2D eigenvalue weighted by atomic mass is 35.5. The molecule has 1 aliphatic heterocycles. The fourth-order valence-corrected chi connectivity index (χ4v) is 3.38. The molecule has 5 heteroatoms. The van der Waals surface area contributed by atoms with Crippen LogP contribution in [0.15, 0.2) is 48.5 Å². The van der Waals surface area contributed by atoms with E-state index < -0.39 is 0 Å². The molecule has 0 atom stereocenters. The second-order valence-corrected chi connectivity index (χ2v) is 7.13. The molecule has 0 unspecified atom stereocenters. The first-order valence-corrected chi connectivity index (χ1v) is 9.50. The summed E-state index contributed by atoms with van der Waals surface area (Å²) in [6, 6.07) is 12.4. The minimum atomic E-state index is -0.0837. The summed E-state index contributed by atoms with van der Waals surface area (Å²) in [5.41, 5.74) is 1.37. The Balaban J connectivity index is 1.53. The average molecular weight is 390 g/mol. The van der Waals surface area contributed by atoms with Gasteiger partial charge in [-0.3, -0.25) is 9.69 Å². The fraction of sp³-hybridized carbons (Fsp3) is 0.286. The summed E-state index contributed by atoms with van der Waals surface area (Å²) in [7, 11) is 0. The van der Waals surface area contributed by atoms with E-state index in [4.69, 9.17) is 27.9 Å².